The molecule has 0 aliphatic carbocycles. The number of nitrogens with two attached hydrogens (primary N) is 1. The Hall–Kier alpha value is 0.190. The lowest BCUT2D eigenvalue weighted by molar-refractivity contribution is 0.549. The summed E-state index contributed by atoms with van der Waals surface area (Å²) in [6.07, 6.45) is 0. The van der Waals surface area contributed by atoms with Gasteiger partial charge in [-0.05, 0) is 70.6 Å². The van der Waals surface area contributed by atoms with Crippen molar-refractivity contribution in [3.05, 3.63) is 26.2 Å². The Balaban J connectivity index is 2.65. The van der Waals surface area contributed by atoms with E-state index < -0.39 is 0 Å². The number of halogens is 2. The van der Waals surface area contributed by atoms with Crippen molar-refractivity contribution in [2.24, 2.45) is 5.73 Å². The molecule has 0 amide bonds. The minimum Gasteiger partial charge on any atom is -0.383 e. The monoisotopic (exact) mass is 368 g/mol. The predicted octanol–water partition coefficient (Wildman–Crippen LogP) is 3.20. The summed E-state index contributed by atoms with van der Waals surface area (Å²) in [5.74, 6) is 0. The lowest BCUT2D eigenvalue weighted by atomic mass is 10.1. The van der Waals surface area contributed by atoms with E-state index in [0.29, 0.717) is 0 Å². The highest BCUT2D eigenvalue weighted by atomic mass is 127. The fraction of sp³-hybridized carbons (Fsp3) is 0.400. The third kappa shape index (κ3) is 4.14. The van der Waals surface area contributed by atoms with Gasteiger partial charge in [0.25, 0.3) is 0 Å². The van der Waals surface area contributed by atoms with Crippen LogP contribution in [-0.2, 0) is 0 Å². The van der Waals surface area contributed by atoms with E-state index in [-0.39, 0.29) is 5.54 Å². The first kappa shape index (κ1) is 12.3. The molecule has 0 saturated carbocycles. The predicted molar refractivity (Wildman–Crippen MR) is 73.6 cm³/mol. The highest BCUT2D eigenvalue weighted by Gasteiger charge is 2.09. The molecule has 1 aromatic rings. The van der Waals surface area contributed by atoms with Crippen LogP contribution in [0.5, 0.6) is 0 Å². The van der Waals surface area contributed by atoms with Crippen molar-refractivity contribution in [1.29, 1.82) is 0 Å². The average Bonchev–Trinajstić information content (AvgIpc) is 2.06. The van der Waals surface area contributed by atoms with Gasteiger partial charge < -0.3 is 11.1 Å². The number of hydrogen-bond acceptors (Lipinski definition) is 2. The molecule has 0 spiro atoms. The molecular weight excluding hydrogens is 355 g/mol. The molecule has 0 unspecified atom stereocenters. The Morgan fingerprint density at radius 1 is 1.50 bits per heavy atom. The van der Waals surface area contributed by atoms with E-state index >= 15 is 0 Å². The molecule has 1 aromatic carbocycles. The van der Waals surface area contributed by atoms with Crippen LogP contribution in [0.15, 0.2) is 22.7 Å². The number of nitrogens with one attached hydrogen (secondary N) is 1. The molecular formula is C10H14BrIN2. The molecule has 0 saturated heterocycles. The maximum absolute atomic E-state index is 5.88. The van der Waals surface area contributed by atoms with E-state index in [1.807, 2.05) is 13.8 Å². The molecule has 0 aliphatic rings. The Bertz CT molecular complexity index is 320. The van der Waals surface area contributed by atoms with Gasteiger partial charge in [0.1, 0.15) is 0 Å². The van der Waals surface area contributed by atoms with Crippen LogP contribution in [0.2, 0.25) is 0 Å². The minimum atomic E-state index is -0.185. The lowest BCUT2D eigenvalue weighted by Gasteiger charge is -2.19. The van der Waals surface area contributed by atoms with E-state index in [1.54, 1.807) is 0 Å². The summed E-state index contributed by atoms with van der Waals surface area (Å²) in [7, 11) is 0. The molecule has 0 aliphatic heterocycles. The van der Waals surface area contributed by atoms with Crippen LogP contribution in [0.4, 0.5) is 5.69 Å². The van der Waals surface area contributed by atoms with Crippen molar-refractivity contribution in [2.45, 2.75) is 19.4 Å². The normalized spacial score (nSPS) is 11.5. The van der Waals surface area contributed by atoms with Gasteiger partial charge in [-0.15, -0.1) is 0 Å². The van der Waals surface area contributed by atoms with Gasteiger partial charge in [-0.3, -0.25) is 0 Å². The van der Waals surface area contributed by atoms with E-state index in [1.165, 1.54) is 3.57 Å². The molecule has 14 heavy (non-hydrogen) atoms. The van der Waals surface area contributed by atoms with E-state index in [2.05, 4.69) is 62.0 Å². The van der Waals surface area contributed by atoms with Crippen LogP contribution in [0.25, 0.3) is 0 Å². The molecule has 0 radical (unpaired) electrons. The maximum atomic E-state index is 5.88. The molecule has 0 atom stereocenters. The van der Waals surface area contributed by atoms with Crippen LogP contribution >= 0.6 is 38.5 Å². The number of benzene rings is 1. The van der Waals surface area contributed by atoms with Crippen LogP contribution in [0.1, 0.15) is 13.8 Å². The first-order valence-electron chi connectivity index (χ1n) is 4.36. The average molecular weight is 369 g/mol. The van der Waals surface area contributed by atoms with Crippen molar-refractivity contribution < 1.29 is 0 Å². The zero-order valence-corrected chi connectivity index (χ0v) is 12.0. The number of anilines is 1. The van der Waals surface area contributed by atoms with Gasteiger partial charge >= 0.3 is 0 Å². The molecule has 4 heteroatoms. The first-order valence-corrected chi connectivity index (χ1v) is 6.23. The number of rotatable bonds is 3. The fourth-order valence-electron chi connectivity index (χ4n) is 0.936. The van der Waals surface area contributed by atoms with Crippen LogP contribution < -0.4 is 11.1 Å². The molecule has 0 aromatic heterocycles. The van der Waals surface area contributed by atoms with Gasteiger partial charge in [-0.25, -0.2) is 0 Å². The quantitative estimate of drug-likeness (QED) is 0.804. The molecule has 0 heterocycles. The largest absolute Gasteiger partial charge is 0.383 e. The van der Waals surface area contributed by atoms with Crippen molar-refractivity contribution in [3.8, 4) is 0 Å². The van der Waals surface area contributed by atoms with Gasteiger partial charge in [-0.2, -0.15) is 0 Å². The molecule has 3 N–H and O–H groups in total. The Morgan fingerprint density at radius 3 is 2.64 bits per heavy atom. The van der Waals surface area contributed by atoms with Gasteiger partial charge in [-0.1, -0.05) is 0 Å². The summed E-state index contributed by atoms with van der Waals surface area (Å²) < 4.78 is 2.32. The Labute approximate surface area is 107 Å². The van der Waals surface area contributed by atoms with Gasteiger partial charge in [0.05, 0.1) is 0 Å². The zero-order chi connectivity index (χ0) is 10.8. The Kier molecular flexibility index (Phi) is 4.21. The third-order valence-corrected chi connectivity index (χ3v) is 4.01. The fourth-order valence-corrected chi connectivity index (χ4v) is 1.65. The third-order valence-electron chi connectivity index (χ3n) is 1.67. The van der Waals surface area contributed by atoms with E-state index in [4.69, 9.17) is 5.73 Å². The summed E-state index contributed by atoms with van der Waals surface area (Å²) in [6, 6.07) is 6.18. The summed E-state index contributed by atoms with van der Waals surface area (Å²) >= 11 is 5.77. The second kappa shape index (κ2) is 4.81. The standard InChI is InChI=1S/C10H14BrIN2/c1-10(2,13)6-14-7-3-4-9(12)8(11)5-7/h3-5,14H,6,13H2,1-2H3. The summed E-state index contributed by atoms with van der Waals surface area (Å²) in [6.45, 7) is 4.77. The Morgan fingerprint density at radius 2 is 2.14 bits per heavy atom. The molecule has 78 valence electrons. The minimum absolute atomic E-state index is 0.185. The zero-order valence-electron chi connectivity index (χ0n) is 8.27. The summed E-state index contributed by atoms with van der Waals surface area (Å²) in [4.78, 5) is 0. The number of hydrogen-bond donors (Lipinski definition) is 2. The SMILES string of the molecule is CC(C)(N)CNc1ccc(I)c(Br)c1. The van der Waals surface area contributed by atoms with Gasteiger partial charge in [0.2, 0.25) is 0 Å². The molecule has 0 fully saturated rings. The van der Waals surface area contributed by atoms with Crippen LogP contribution in [0.3, 0.4) is 0 Å². The van der Waals surface area contributed by atoms with Crippen molar-refractivity contribution in [2.75, 3.05) is 11.9 Å². The lowest BCUT2D eigenvalue weighted by Crippen LogP contribution is -2.39. The first-order chi connectivity index (χ1) is 6.38. The second-order valence-electron chi connectivity index (χ2n) is 3.97. The molecule has 0 bridgehead atoms. The van der Waals surface area contributed by atoms with Crippen LogP contribution in [-0.4, -0.2) is 12.1 Å². The maximum Gasteiger partial charge on any atom is 0.0352 e. The summed E-state index contributed by atoms with van der Waals surface area (Å²) in [5.41, 5.74) is 6.78. The van der Waals surface area contributed by atoms with Crippen molar-refractivity contribution >= 4 is 44.2 Å². The van der Waals surface area contributed by atoms with E-state index in [0.717, 1.165) is 16.7 Å². The molecule has 2 nitrogen and oxygen atoms in total. The highest BCUT2D eigenvalue weighted by Crippen LogP contribution is 2.22. The van der Waals surface area contributed by atoms with Gasteiger partial charge in [0.15, 0.2) is 0 Å². The van der Waals surface area contributed by atoms with Crippen molar-refractivity contribution in [3.63, 3.8) is 0 Å². The highest BCUT2D eigenvalue weighted by molar-refractivity contribution is 14.1. The van der Waals surface area contributed by atoms with Crippen LogP contribution in [0, 0.1) is 3.57 Å². The van der Waals surface area contributed by atoms with Gasteiger partial charge in [0, 0.05) is 25.8 Å². The second-order valence-corrected chi connectivity index (χ2v) is 5.99. The van der Waals surface area contributed by atoms with Crippen molar-refractivity contribution in [1.82, 2.24) is 0 Å². The summed E-state index contributed by atoms with van der Waals surface area (Å²) in [5, 5.41) is 3.29. The topological polar surface area (TPSA) is 38.0 Å². The molecule has 1 rings (SSSR count). The van der Waals surface area contributed by atoms with E-state index in [9.17, 15) is 0 Å². The smallest absolute Gasteiger partial charge is 0.0352 e.